The van der Waals surface area contributed by atoms with Gasteiger partial charge < -0.3 is 4.90 Å². The van der Waals surface area contributed by atoms with Gasteiger partial charge in [0.05, 0.1) is 12.2 Å². The van der Waals surface area contributed by atoms with Gasteiger partial charge in [-0.05, 0) is 43.2 Å². The first-order valence-corrected chi connectivity index (χ1v) is 10.2. The van der Waals surface area contributed by atoms with E-state index in [1.807, 2.05) is 46.8 Å². The molecule has 1 aliphatic heterocycles. The second-order valence-corrected chi connectivity index (χ2v) is 7.84. The normalized spacial score (nSPS) is 14.9. The Morgan fingerprint density at radius 2 is 1.52 bits per heavy atom. The molecule has 0 saturated carbocycles. The van der Waals surface area contributed by atoms with Crippen molar-refractivity contribution >= 4 is 5.91 Å². The number of nitrogens with zero attached hydrogens (tertiary/aromatic N) is 4. The zero-order valence-electron chi connectivity index (χ0n) is 17.2. The summed E-state index contributed by atoms with van der Waals surface area (Å²) in [6.07, 6.45) is 0. The van der Waals surface area contributed by atoms with Gasteiger partial charge in [-0.3, -0.25) is 14.4 Å². The highest BCUT2D eigenvalue weighted by atomic mass is 16.2. The van der Waals surface area contributed by atoms with Gasteiger partial charge in [0.1, 0.15) is 0 Å². The van der Waals surface area contributed by atoms with Crippen LogP contribution in [0.1, 0.15) is 32.9 Å². The molecule has 29 heavy (non-hydrogen) atoms. The van der Waals surface area contributed by atoms with E-state index in [1.54, 1.807) is 0 Å². The highest BCUT2D eigenvalue weighted by molar-refractivity contribution is 5.94. The van der Waals surface area contributed by atoms with Gasteiger partial charge in [0.2, 0.25) is 0 Å². The highest BCUT2D eigenvalue weighted by Gasteiger charge is 2.22. The Hall–Kier alpha value is -2.92. The Bertz CT molecular complexity index is 954. The second kappa shape index (κ2) is 8.62. The quantitative estimate of drug-likeness (QED) is 0.672. The lowest BCUT2D eigenvalue weighted by atomic mass is 10.1. The van der Waals surface area contributed by atoms with Crippen LogP contribution < -0.4 is 0 Å². The van der Waals surface area contributed by atoms with Crippen molar-refractivity contribution in [2.45, 2.75) is 26.9 Å². The predicted molar refractivity (Wildman–Crippen MR) is 115 cm³/mol. The molecule has 2 heterocycles. The lowest BCUT2D eigenvalue weighted by molar-refractivity contribution is 0.0628. The zero-order valence-corrected chi connectivity index (χ0v) is 17.2. The molecule has 1 aliphatic rings. The first kappa shape index (κ1) is 19.4. The molecule has 0 unspecified atom stereocenters. The van der Waals surface area contributed by atoms with E-state index in [0.29, 0.717) is 0 Å². The van der Waals surface area contributed by atoms with Crippen molar-refractivity contribution in [3.8, 4) is 0 Å². The van der Waals surface area contributed by atoms with E-state index < -0.39 is 0 Å². The number of aromatic nitrogens is 2. The summed E-state index contributed by atoms with van der Waals surface area (Å²) in [5.74, 6) is 0.127. The largest absolute Gasteiger partial charge is 0.336 e. The maximum Gasteiger partial charge on any atom is 0.253 e. The van der Waals surface area contributed by atoms with E-state index in [0.717, 1.165) is 61.8 Å². The molecule has 2 aromatic carbocycles. The van der Waals surface area contributed by atoms with Crippen LogP contribution in [0, 0.1) is 13.8 Å². The Morgan fingerprint density at radius 1 is 0.862 bits per heavy atom. The van der Waals surface area contributed by atoms with E-state index in [2.05, 4.69) is 47.3 Å². The number of hydrogen-bond acceptors (Lipinski definition) is 3. The highest BCUT2D eigenvalue weighted by Crippen LogP contribution is 2.14. The minimum Gasteiger partial charge on any atom is -0.336 e. The van der Waals surface area contributed by atoms with Crippen molar-refractivity contribution < 1.29 is 4.79 Å². The van der Waals surface area contributed by atoms with Gasteiger partial charge in [-0.15, -0.1) is 0 Å². The number of carbonyl (C=O) groups is 1. The Labute approximate surface area is 172 Å². The summed E-state index contributed by atoms with van der Waals surface area (Å²) < 4.78 is 2.00. The summed E-state index contributed by atoms with van der Waals surface area (Å²) in [5.41, 5.74) is 5.42. The number of amides is 1. The third-order valence-electron chi connectivity index (χ3n) is 5.55. The topological polar surface area (TPSA) is 41.4 Å². The van der Waals surface area contributed by atoms with E-state index in [1.165, 1.54) is 5.56 Å². The maximum absolute atomic E-state index is 12.9. The third-order valence-corrected chi connectivity index (χ3v) is 5.55. The van der Waals surface area contributed by atoms with Crippen molar-refractivity contribution in [3.05, 3.63) is 88.7 Å². The van der Waals surface area contributed by atoms with Crippen molar-refractivity contribution in [3.63, 3.8) is 0 Å². The molecule has 0 atom stereocenters. The van der Waals surface area contributed by atoms with E-state index in [-0.39, 0.29) is 5.91 Å². The lowest BCUT2D eigenvalue weighted by Crippen LogP contribution is -2.48. The van der Waals surface area contributed by atoms with Gasteiger partial charge in [-0.25, -0.2) is 0 Å². The molecule has 5 heteroatoms. The van der Waals surface area contributed by atoms with E-state index >= 15 is 0 Å². The van der Waals surface area contributed by atoms with Gasteiger partial charge in [0, 0.05) is 44.0 Å². The van der Waals surface area contributed by atoms with Crippen LogP contribution in [-0.2, 0) is 13.1 Å². The van der Waals surface area contributed by atoms with Crippen LogP contribution in [0.5, 0.6) is 0 Å². The van der Waals surface area contributed by atoms with Crippen molar-refractivity contribution in [1.82, 2.24) is 19.6 Å². The third kappa shape index (κ3) is 4.74. The molecular formula is C24H28N4O. The summed E-state index contributed by atoms with van der Waals surface area (Å²) >= 11 is 0. The molecule has 0 spiro atoms. The van der Waals surface area contributed by atoms with Gasteiger partial charge in [-0.2, -0.15) is 5.10 Å². The van der Waals surface area contributed by atoms with Crippen LogP contribution in [-0.4, -0.2) is 51.7 Å². The van der Waals surface area contributed by atoms with Crippen LogP contribution in [0.2, 0.25) is 0 Å². The van der Waals surface area contributed by atoms with Crippen LogP contribution >= 0.6 is 0 Å². The van der Waals surface area contributed by atoms with Crippen molar-refractivity contribution in [2.24, 2.45) is 0 Å². The number of aryl methyl sites for hydroxylation is 2. The second-order valence-electron chi connectivity index (χ2n) is 7.84. The first-order chi connectivity index (χ1) is 14.1. The molecule has 150 valence electrons. The molecule has 0 bridgehead atoms. The summed E-state index contributed by atoms with van der Waals surface area (Å²) in [6.45, 7) is 9.13. The molecule has 1 fully saturated rings. The number of rotatable bonds is 5. The zero-order chi connectivity index (χ0) is 20.2. The van der Waals surface area contributed by atoms with Crippen LogP contribution in [0.4, 0.5) is 0 Å². The molecule has 0 radical (unpaired) electrons. The average Bonchev–Trinajstić information content (AvgIpc) is 3.06. The van der Waals surface area contributed by atoms with Crippen molar-refractivity contribution in [1.29, 1.82) is 0 Å². The molecule has 5 nitrogen and oxygen atoms in total. The summed E-state index contributed by atoms with van der Waals surface area (Å²) in [7, 11) is 0. The van der Waals surface area contributed by atoms with Gasteiger partial charge in [0.15, 0.2) is 0 Å². The molecule has 1 saturated heterocycles. The van der Waals surface area contributed by atoms with Gasteiger partial charge in [-0.1, -0.05) is 42.5 Å². The maximum atomic E-state index is 12.9. The smallest absolute Gasteiger partial charge is 0.253 e. The predicted octanol–water partition coefficient (Wildman–Crippen LogP) is 3.51. The minimum absolute atomic E-state index is 0.127. The summed E-state index contributed by atoms with van der Waals surface area (Å²) in [4.78, 5) is 17.3. The summed E-state index contributed by atoms with van der Waals surface area (Å²) in [6, 6.07) is 20.6. The first-order valence-electron chi connectivity index (χ1n) is 10.2. The average molecular weight is 389 g/mol. The standard InChI is InChI=1S/C24H28N4O/c1-19-16-20(2)28(25-19)18-22-8-10-23(11-9-22)24(29)27-14-12-26(13-15-27)17-21-6-4-3-5-7-21/h3-11,16H,12-15,17-18H2,1-2H3. The van der Waals surface area contributed by atoms with E-state index in [4.69, 9.17) is 0 Å². The molecule has 1 aromatic heterocycles. The fourth-order valence-corrected chi connectivity index (χ4v) is 3.89. The molecular weight excluding hydrogens is 360 g/mol. The van der Waals surface area contributed by atoms with E-state index in [9.17, 15) is 4.79 Å². The number of benzene rings is 2. The number of hydrogen-bond donors (Lipinski definition) is 0. The Morgan fingerprint density at radius 3 is 2.14 bits per heavy atom. The Balaban J connectivity index is 1.32. The molecule has 4 rings (SSSR count). The molecule has 3 aromatic rings. The number of carbonyl (C=O) groups excluding carboxylic acids is 1. The van der Waals surface area contributed by atoms with Crippen LogP contribution in [0.3, 0.4) is 0 Å². The van der Waals surface area contributed by atoms with Crippen molar-refractivity contribution in [2.75, 3.05) is 26.2 Å². The monoisotopic (exact) mass is 388 g/mol. The minimum atomic E-state index is 0.127. The molecule has 1 amide bonds. The van der Waals surface area contributed by atoms with Crippen LogP contribution in [0.25, 0.3) is 0 Å². The van der Waals surface area contributed by atoms with Gasteiger partial charge >= 0.3 is 0 Å². The fraction of sp³-hybridized carbons (Fsp3) is 0.333. The lowest BCUT2D eigenvalue weighted by Gasteiger charge is -2.34. The summed E-state index contributed by atoms with van der Waals surface area (Å²) in [5, 5.41) is 4.51. The molecule has 0 aliphatic carbocycles. The number of piperazine rings is 1. The SMILES string of the molecule is Cc1cc(C)n(Cc2ccc(C(=O)N3CCN(Cc4ccccc4)CC3)cc2)n1. The van der Waals surface area contributed by atoms with Crippen LogP contribution in [0.15, 0.2) is 60.7 Å². The Kier molecular flexibility index (Phi) is 5.76. The fourth-order valence-electron chi connectivity index (χ4n) is 3.89. The molecule has 0 N–H and O–H groups in total. The van der Waals surface area contributed by atoms with Gasteiger partial charge in [0.25, 0.3) is 5.91 Å².